The van der Waals surface area contributed by atoms with E-state index in [9.17, 15) is 4.79 Å². The van der Waals surface area contributed by atoms with E-state index in [1.165, 1.54) is 0 Å². The molecule has 1 aromatic carbocycles. The first kappa shape index (κ1) is 17.3. The average molecular weight is 340 g/mol. The molecule has 0 unspecified atom stereocenters. The van der Waals surface area contributed by atoms with E-state index >= 15 is 0 Å². The number of methoxy groups -OCH3 is 1. The summed E-state index contributed by atoms with van der Waals surface area (Å²) in [5, 5.41) is 3.05. The summed E-state index contributed by atoms with van der Waals surface area (Å²) in [7, 11) is 1.60. The lowest BCUT2D eigenvalue weighted by Crippen LogP contribution is -2.33. The van der Waals surface area contributed by atoms with Gasteiger partial charge in [-0.1, -0.05) is 6.07 Å². The molecule has 3 rings (SSSR count). The molecule has 5 nitrogen and oxygen atoms in total. The molecule has 0 atom stereocenters. The molecule has 1 amide bonds. The van der Waals surface area contributed by atoms with E-state index < -0.39 is 0 Å². The Balaban J connectivity index is 1.73. The number of ether oxygens (including phenoxy) is 2. The molecule has 0 radical (unpaired) electrons. The van der Waals surface area contributed by atoms with Gasteiger partial charge in [-0.2, -0.15) is 0 Å². The van der Waals surface area contributed by atoms with Crippen molar-refractivity contribution in [2.75, 3.05) is 13.7 Å². The van der Waals surface area contributed by atoms with Gasteiger partial charge in [0.25, 0.3) is 5.91 Å². The Labute approximate surface area is 148 Å². The number of nitrogens with one attached hydrogen (secondary N) is 1. The van der Waals surface area contributed by atoms with Gasteiger partial charge in [0, 0.05) is 29.9 Å². The zero-order valence-electron chi connectivity index (χ0n) is 14.9. The Bertz CT molecular complexity index is 740. The molecule has 1 heterocycles. The first-order valence-electron chi connectivity index (χ1n) is 8.58. The number of nitrogens with zero attached hydrogens (tertiary/aromatic N) is 1. The van der Waals surface area contributed by atoms with Crippen LogP contribution in [0.15, 0.2) is 42.6 Å². The maximum absolute atomic E-state index is 12.7. The van der Waals surface area contributed by atoms with Crippen molar-refractivity contribution in [3.05, 3.63) is 53.9 Å². The second-order valence-electron chi connectivity index (χ2n) is 6.71. The van der Waals surface area contributed by atoms with E-state index in [0.29, 0.717) is 23.6 Å². The second-order valence-corrected chi connectivity index (χ2v) is 6.71. The highest BCUT2D eigenvalue weighted by Crippen LogP contribution is 2.46. The average Bonchev–Trinajstić information content (AvgIpc) is 3.41. The summed E-state index contributed by atoms with van der Waals surface area (Å²) in [5.74, 6) is 1.06. The fourth-order valence-corrected chi connectivity index (χ4v) is 2.86. The molecule has 132 valence electrons. The largest absolute Gasteiger partial charge is 0.497 e. The summed E-state index contributed by atoms with van der Waals surface area (Å²) >= 11 is 0. The standard InChI is InChI=1S/C20H24N2O3/c1-14(2)25-17-12-15(24-3)7-8-16(17)19(23)22-13-20(9-10-20)18-6-4-5-11-21-18/h4-8,11-12,14H,9-10,13H2,1-3H3,(H,22,23). The number of benzene rings is 1. The smallest absolute Gasteiger partial charge is 0.255 e. The molecule has 0 spiro atoms. The van der Waals surface area contributed by atoms with Gasteiger partial charge < -0.3 is 14.8 Å². The third kappa shape index (κ3) is 3.92. The van der Waals surface area contributed by atoms with Gasteiger partial charge in [-0.05, 0) is 51.0 Å². The zero-order valence-corrected chi connectivity index (χ0v) is 14.9. The number of carbonyl (C=O) groups excluding carboxylic acids is 1. The minimum absolute atomic E-state index is 0.0253. The van der Waals surface area contributed by atoms with E-state index in [-0.39, 0.29) is 17.4 Å². The van der Waals surface area contributed by atoms with Crippen LogP contribution in [0.1, 0.15) is 42.7 Å². The van der Waals surface area contributed by atoms with Crippen molar-refractivity contribution >= 4 is 5.91 Å². The molecule has 1 fully saturated rings. The molecule has 1 N–H and O–H groups in total. The van der Waals surface area contributed by atoms with Crippen molar-refractivity contribution in [1.29, 1.82) is 0 Å². The van der Waals surface area contributed by atoms with E-state index in [1.54, 1.807) is 31.5 Å². The van der Waals surface area contributed by atoms with Crippen LogP contribution in [-0.2, 0) is 5.41 Å². The highest BCUT2D eigenvalue weighted by Gasteiger charge is 2.45. The van der Waals surface area contributed by atoms with Crippen molar-refractivity contribution in [3.63, 3.8) is 0 Å². The maximum atomic E-state index is 12.7. The number of pyridine rings is 1. The van der Waals surface area contributed by atoms with Crippen LogP contribution in [-0.4, -0.2) is 30.6 Å². The molecular formula is C20H24N2O3. The molecule has 0 aliphatic heterocycles. The third-order valence-corrected chi connectivity index (χ3v) is 4.45. The van der Waals surface area contributed by atoms with Gasteiger partial charge in [-0.15, -0.1) is 0 Å². The zero-order chi connectivity index (χ0) is 17.9. The summed E-state index contributed by atoms with van der Waals surface area (Å²) in [6.45, 7) is 4.44. The van der Waals surface area contributed by atoms with E-state index in [0.717, 1.165) is 18.5 Å². The highest BCUT2D eigenvalue weighted by molar-refractivity contribution is 5.97. The minimum atomic E-state index is -0.138. The summed E-state index contributed by atoms with van der Waals surface area (Å²) in [6, 6.07) is 11.2. The topological polar surface area (TPSA) is 60.5 Å². The summed E-state index contributed by atoms with van der Waals surface area (Å²) in [6.07, 6.45) is 3.86. The lowest BCUT2D eigenvalue weighted by Gasteiger charge is -2.18. The van der Waals surface area contributed by atoms with Crippen LogP contribution in [0.3, 0.4) is 0 Å². The monoisotopic (exact) mass is 340 g/mol. The molecule has 1 aliphatic carbocycles. The molecule has 25 heavy (non-hydrogen) atoms. The van der Waals surface area contributed by atoms with Crippen molar-refractivity contribution in [3.8, 4) is 11.5 Å². The molecule has 0 bridgehead atoms. The summed E-state index contributed by atoms with van der Waals surface area (Å²) in [5.41, 5.74) is 1.54. The van der Waals surface area contributed by atoms with Crippen molar-refractivity contribution in [2.24, 2.45) is 0 Å². The number of carbonyl (C=O) groups is 1. The Morgan fingerprint density at radius 3 is 2.68 bits per heavy atom. The Morgan fingerprint density at radius 2 is 2.08 bits per heavy atom. The fraction of sp³-hybridized carbons (Fsp3) is 0.400. The van der Waals surface area contributed by atoms with Gasteiger partial charge in [0.05, 0.1) is 18.8 Å². The normalized spacial score (nSPS) is 14.9. The molecule has 0 saturated heterocycles. The highest BCUT2D eigenvalue weighted by atomic mass is 16.5. The van der Waals surface area contributed by atoms with Gasteiger partial charge in [0.2, 0.25) is 0 Å². The second kappa shape index (κ2) is 7.13. The lowest BCUT2D eigenvalue weighted by atomic mass is 10.0. The lowest BCUT2D eigenvalue weighted by molar-refractivity contribution is 0.0943. The fourth-order valence-electron chi connectivity index (χ4n) is 2.86. The first-order chi connectivity index (χ1) is 12.0. The van der Waals surface area contributed by atoms with Gasteiger partial charge in [-0.25, -0.2) is 0 Å². The van der Waals surface area contributed by atoms with Gasteiger partial charge in [0.1, 0.15) is 11.5 Å². The SMILES string of the molecule is COc1ccc(C(=O)NCC2(c3ccccn3)CC2)c(OC(C)C)c1. The van der Waals surface area contributed by atoms with Crippen LogP contribution in [0.5, 0.6) is 11.5 Å². The van der Waals surface area contributed by atoms with Crippen LogP contribution in [0.4, 0.5) is 0 Å². The number of rotatable bonds is 7. The van der Waals surface area contributed by atoms with E-state index in [2.05, 4.69) is 10.3 Å². The molecular weight excluding hydrogens is 316 g/mol. The van der Waals surface area contributed by atoms with Crippen molar-refractivity contribution in [1.82, 2.24) is 10.3 Å². The summed E-state index contributed by atoms with van der Waals surface area (Å²) in [4.78, 5) is 17.2. The van der Waals surface area contributed by atoms with Gasteiger partial charge >= 0.3 is 0 Å². The molecule has 1 aliphatic rings. The first-order valence-corrected chi connectivity index (χ1v) is 8.58. The van der Waals surface area contributed by atoms with Crippen molar-refractivity contribution < 1.29 is 14.3 Å². The Kier molecular flexibility index (Phi) is 4.93. The number of hydrogen-bond donors (Lipinski definition) is 1. The predicted molar refractivity (Wildman–Crippen MR) is 96.2 cm³/mol. The molecule has 1 aromatic heterocycles. The molecule has 5 heteroatoms. The molecule has 2 aromatic rings. The van der Waals surface area contributed by atoms with Crippen LogP contribution >= 0.6 is 0 Å². The minimum Gasteiger partial charge on any atom is -0.497 e. The van der Waals surface area contributed by atoms with Crippen molar-refractivity contribution in [2.45, 2.75) is 38.2 Å². The van der Waals surface area contributed by atoms with Gasteiger partial charge in [0.15, 0.2) is 0 Å². The van der Waals surface area contributed by atoms with Crippen LogP contribution in [0.2, 0.25) is 0 Å². The summed E-state index contributed by atoms with van der Waals surface area (Å²) < 4.78 is 11.0. The number of hydrogen-bond acceptors (Lipinski definition) is 4. The van der Waals surface area contributed by atoms with Crippen LogP contribution < -0.4 is 14.8 Å². The third-order valence-electron chi connectivity index (χ3n) is 4.45. The predicted octanol–water partition coefficient (Wildman–Crippen LogP) is 3.34. The van der Waals surface area contributed by atoms with Crippen LogP contribution in [0, 0.1) is 0 Å². The maximum Gasteiger partial charge on any atom is 0.255 e. The Morgan fingerprint density at radius 1 is 1.28 bits per heavy atom. The van der Waals surface area contributed by atoms with Crippen LogP contribution in [0.25, 0.3) is 0 Å². The number of amides is 1. The van der Waals surface area contributed by atoms with E-state index in [4.69, 9.17) is 9.47 Å². The van der Waals surface area contributed by atoms with Gasteiger partial charge in [-0.3, -0.25) is 9.78 Å². The quantitative estimate of drug-likeness (QED) is 0.840. The Hall–Kier alpha value is -2.56. The molecule has 1 saturated carbocycles. The van der Waals surface area contributed by atoms with E-state index in [1.807, 2.05) is 32.0 Å². The number of aromatic nitrogens is 1.